The average molecular weight is 410 g/mol. The lowest BCUT2D eigenvalue weighted by atomic mass is 10.0. The summed E-state index contributed by atoms with van der Waals surface area (Å²) in [4.78, 5) is 17.1. The molecule has 0 unspecified atom stereocenters. The molecule has 1 amide bonds. The van der Waals surface area contributed by atoms with E-state index in [2.05, 4.69) is 71.4 Å². The molecule has 1 saturated heterocycles. The van der Waals surface area contributed by atoms with Gasteiger partial charge in [0, 0.05) is 38.8 Å². The lowest BCUT2D eigenvalue weighted by Crippen LogP contribution is -2.48. The van der Waals surface area contributed by atoms with E-state index in [-0.39, 0.29) is 5.91 Å². The molecular formula is C22H27N5OS. The van der Waals surface area contributed by atoms with Crippen LogP contribution in [0, 0.1) is 0 Å². The van der Waals surface area contributed by atoms with Crippen molar-refractivity contribution in [2.24, 2.45) is 0 Å². The molecule has 29 heavy (non-hydrogen) atoms. The molecule has 152 valence electrons. The maximum atomic E-state index is 12.6. The molecule has 7 heteroatoms. The number of amides is 1. The number of rotatable bonds is 6. The lowest BCUT2D eigenvalue weighted by molar-refractivity contribution is -0.130. The predicted molar refractivity (Wildman–Crippen MR) is 117 cm³/mol. The zero-order valence-electron chi connectivity index (χ0n) is 17.0. The van der Waals surface area contributed by atoms with Crippen molar-refractivity contribution in [1.82, 2.24) is 24.6 Å². The van der Waals surface area contributed by atoms with Crippen LogP contribution in [0.2, 0.25) is 0 Å². The number of aromatic nitrogens is 3. The van der Waals surface area contributed by atoms with Gasteiger partial charge in [0.15, 0.2) is 5.16 Å². The number of hydrogen-bond donors (Lipinski definition) is 0. The average Bonchev–Trinajstić information content (AvgIpc) is 3.22. The summed E-state index contributed by atoms with van der Waals surface area (Å²) >= 11 is 1.47. The number of fused-ring (bicyclic) bond motifs is 1. The van der Waals surface area contributed by atoms with Crippen LogP contribution in [-0.2, 0) is 11.3 Å². The molecule has 0 radical (unpaired) electrons. The molecule has 1 aliphatic rings. The van der Waals surface area contributed by atoms with E-state index < -0.39 is 0 Å². The largest absolute Gasteiger partial charge is 0.339 e. The van der Waals surface area contributed by atoms with Crippen LogP contribution < -0.4 is 0 Å². The third-order valence-corrected chi connectivity index (χ3v) is 6.36. The maximum absolute atomic E-state index is 12.6. The van der Waals surface area contributed by atoms with Gasteiger partial charge in [0.1, 0.15) is 6.33 Å². The number of thioether (sulfide) groups is 1. The molecule has 2 heterocycles. The van der Waals surface area contributed by atoms with E-state index in [4.69, 9.17) is 0 Å². The van der Waals surface area contributed by atoms with Gasteiger partial charge in [-0.15, -0.1) is 10.2 Å². The summed E-state index contributed by atoms with van der Waals surface area (Å²) in [6.45, 7) is 8.47. The van der Waals surface area contributed by atoms with Gasteiger partial charge in [-0.2, -0.15) is 0 Å². The van der Waals surface area contributed by atoms with Crippen LogP contribution >= 0.6 is 11.8 Å². The first-order valence-corrected chi connectivity index (χ1v) is 11.1. The van der Waals surface area contributed by atoms with Gasteiger partial charge >= 0.3 is 0 Å². The summed E-state index contributed by atoms with van der Waals surface area (Å²) in [5.41, 5.74) is 1.35. The molecule has 3 aromatic rings. The minimum atomic E-state index is 0.179. The van der Waals surface area contributed by atoms with Crippen molar-refractivity contribution < 1.29 is 4.79 Å². The SMILES string of the molecule is CC(C)n1cnnc1SCC(=O)N1CCN(Cc2cccc3ccccc23)CC1. The summed E-state index contributed by atoms with van der Waals surface area (Å²) < 4.78 is 2.00. The fourth-order valence-corrected chi connectivity index (χ4v) is 4.68. The van der Waals surface area contributed by atoms with E-state index >= 15 is 0 Å². The van der Waals surface area contributed by atoms with Crippen LogP contribution in [0.1, 0.15) is 25.5 Å². The minimum Gasteiger partial charge on any atom is -0.339 e. The molecule has 1 fully saturated rings. The first-order chi connectivity index (χ1) is 14.1. The number of hydrogen-bond acceptors (Lipinski definition) is 5. The Labute approximate surface area is 175 Å². The highest BCUT2D eigenvalue weighted by Gasteiger charge is 2.22. The highest BCUT2D eigenvalue weighted by atomic mass is 32.2. The van der Waals surface area contributed by atoms with Crippen molar-refractivity contribution in [2.45, 2.75) is 31.6 Å². The minimum absolute atomic E-state index is 0.179. The molecule has 2 aromatic carbocycles. The van der Waals surface area contributed by atoms with E-state index in [1.54, 1.807) is 6.33 Å². The number of benzene rings is 2. The fourth-order valence-electron chi connectivity index (χ4n) is 3.73. The second-order valence-corrected chi connectivity index (χ2v) is 8.64. The van der Waals surface area contributed by atoms with Crippen molar-refractivity contribution in [3.63, 3.8) is 0 Å². The fraction of sp³-hybridized carbons (Fsp3) is 0.409. The Morgan fingerprint density at radius 3 is 2.62 bits per heavy atom. The molecule has 6 nitrogen and oxygen atoms in total. The second kappa shape index (κ2) is 8.97. The smallest absolute Gasteiger partial charge is 0.233 e. The molecular weight excluding hydrogens is 382 g/mol. The maximum Gasteiger partial charge on any atom is 0.233 e. The third-order valence-electron chi connectivity index (χ3n) is 5.42. The molecule has 1 aliphatic heterocycles. The molecule has 4 rings (SSSR count). The molecule has 0 N–H and O–H groups in total. The summed E-state index contributed by atoms with van der Waals surface area (Å²) in [7, 11) is 0. The lowest BCUT2D eigenvalue weighted by Gasteiger charge is -2.35. The van der Waals surface area contributed by atoms with E-state index in [9.17, 15) is 4.79 Å². The monoisotopic (exact) mass is 409 g/mol. The second-order valence-electron chi connectivity index (χ2n) is 7.70. The number of piperazine rings is 1. The van der Waals surface area contributed by atoms with Gasteiger partial charge in [-0.25, -0.2) is 0 Å². The predicted octanol–water partition coefficient (Wildman–Crippen LogP) is 3.45. The quantitative estimate of drug-likeness (QED) is 0.584. The van der Waals surface area contributed by atoms with Crippen molar-refractivity contribution >= 4 is 28.4 Å². The Balaban J connectivity index is 1.30. The zero-order chi connectivity index (χ0) is 20.2. The van der Waals surface area contributed by atoms with Crippen LogP contribution in [0.4, 0.5) is 0 Å². The molecule has 1 aromatic heterocycles. The Hall–Kier alpha value is -2.38. The molecule has 0 saturated carbocycles. The number of carbonyl (C=O) groups is 1. The summed E-state index contributed by atoms with van der Waals surface area (Å²) in [5.74, 6) is 0.590. The van der Waals surface area contributed by atoms with Gasteiger partial charge < -0.3 is 9.47 Å². The molecule has 0 spiro atoms. The van der Waals surface area contributed by atoms with Gasteiger partial charge in [0.2, 0.25) is 5.91 Å². The van der Waals surface area contributed by atoms with Crippen molar-refractivity contribution in [1.29, 1.82) is 0 Å². The van der Waals surface area contributed by atoms with Crippen molar-refractivity contribution in [3.05, 3.63) is 54.4 Å². The summed E-state index contributed by atoms with van der Waals surface area (Å²) in [6.07, 6.45) is 1.73. The number of nitrogens with zero attached hydrogens (tertiary/aromatic N) is 5. The van der Waals surface area contributed by atoms with Gasteiger partial charge in [-0.1, -0.05) is 54.2 Å². The zero-order valence-corrected chi connectivity index (χ0v) is 17.8. The topological polar surface area (TPSA) is 54.3 Å². The van der Waals surface area contributed by atoms with Crippen LogP contribution in [0.3, 0.4) is 0 Å². The van der Waals surface area contributed by atoms with Gasteiger partial charge in [-0.05, 0) is 30.2 Å². The molecule has 0 bridgehead atoms. The Bertz CT molecular complexity index is 973. The summed E-state index contributed by atoms with van der Waals surface area (Å²) in [5, 5.41) is 11.5. The Morgan fingerprint density at radius 2 is 1.83 bits per heavy atom. The van der Waals surface area contributed by atoms with E-state index in [1.165, 1.54) is 28.1 Å². The normalized spacial score (nSPS) is 15.3. The first-order valence-electron chi connectivity index (χ1n) is 10.1. The Morgan fingerprint density at radius 1 is 1.07 bits per heavy atom. The molecule has 0 aliphatic carbocycles. The van der Waals surface area contributed by atoms with Crippen molar-refractivity contribution in [3.8, 4) is 0 Å². The highest BCUT2D eigenvalue weighted by Crippen LogP contribution is 2.22. The summed E-state index contributed by atoms with van der Waals surface area (Å²) in [6, 6.07) is 15.3. The third kappa shape index (κ3) is 4.62. The van der Waals surface area contributed by atoms with E-state index in [1.807, 2.05) is 9.47 Å². The van der Waals surface area contributed by atoms with Crippen LogP contribution in [0.5, 0.6) is 0 Å². The number of carbonyl (C=O) groups excluding carboxylic acids is 1. The van der Waals surface area contributed by atoms with Crippen LogP contribution in [0.25, 0.3) is 10.8 Å². The van der Waals surface area contributed by atoms with E-state index in [0.717, 1.165) is 37.9 Å². The van der Waals surface area contributed by atoms with Crippen LogP contribution in [0.15, 0.2) is 53.9 Å². The van der Waals surface area contributed by atoms with Gasteiger partial charge in [0.05, 0.1) is 5.75 Å². The van der Waals surface area contributed by atoms with Gasteiger partial charge in [-0.3, -0.25) is 9.69 Å². The van der Waals surface area contributed by atoms with Crippen LogP contribution in [-0.4, -0.2) is 62.4 Å². The Kier molecular flexibility index (Phi) is 6.16. The van der Waals surface area contributed by atoms with E-state index in [0.29, 0.717) is 11.8 Å². The van der Waals surface area contributed by atoms with Crippen molar-refractivity contribution in [2.75, 3.05) is 31.9 Å². The highest BCUT2D eigenvalue weighted by molar-refractivity contribution is 7.99. The first kappa shape index (κ1) is 19.9. The standard InChI is InChI=1S/C22H27N5OS/c1-17(2)27-16-23-24-22(27)29-15-21(28)26-12-10-25(11-13-26)14-19-8-5-7-18-6-3-4-9-20(18)19/h3-9,16-17H,10-15H2,1-2H3. The molecule has 0 atom stereocenters. The van der Waals surface area contributed by atoms with Gasteiger partial charge in [0.25, 0.3) is 0 Å².